The Morgan fingerprint density at radius 3 is 2.76 bits per heavy atom. The molecule has 17 heavy (non-hydrogen) atoms. The van der Waals surface area contributed by atoms with Gasteiger partial charge in [-0.25, -0.2) is 0 Å². The van der Waals surface area contributed by atoms with Crippen LogP contribution in [0.4, 0.5) is 0 Å². The largest absolute Gasteiger partial charge is 0.465 e. The molecule has 3 atom stereocenters. The highest BCUT2D eigenvalue weighted by Crippen LogP contribution is 2.27. The van der Waals surface area contributed by atoms with Crippen molar-refractivity contribution < 1.29 is 13.7 Å². The summed E-state index contributed by atoms with van der Waals surface area (Å²) in [5.41, 5.74) is 2.91. The number of ether oxygens (including phenoxy) is 1. The molecule has 1 rings (SSSR count). The van der Waals surface area contributed by atoms with Gasteiger partial charge in [-0.1, -0.05) is 25.6 Å². The van der Waals surface area contributed by atoms with Gasteiger partial charge < -0.3 is 10.2 Å². The molecule has 0 aliphatic carbocycles. The van der Waals surface area contributed by atoms with Crippen LogP contribution in [0.1, 0.15) is 20.8 Å². The van der Waals surface area contributed by atoms with E-state index >= 15 is 0 Å². The van der Waals surface area contributed by atoms with Crippen molar-refractivity contribution in [2.75, 3.05) is 12.9 Å². The lowest BCUT2D eigenvalue weighted by Gasteiger charge is -2.31. The maximum absolute atomic E-state index is 11.8. The molecule has 1 aliphatic rings. The number of nitrogens with one attached hydrogen (secondary N) is 1. The zero-order valence-electron chi connectivity index (χ0n) is 10.4. The molecule has 0 saturated carbocycles. The highest BCUT2D eigenvalue weighted by Gasteiger charge is 2.37. The monoisotopic (exact) mass is 278 g/mol. The molecule has 0 fully saturated rings. The van der Waals surface area contributed by atoms with E-state index < -0.39 is 10.8 Å². The Hall–Kier alpha value is -0.560. The third-order valence-corrected chi connectivity index (χ3v) is 4.95. The van der Waals surface area contributed by atoms with Gasteiger partial charge in [0, 0.05) is 6.26 Å². The second kappa shape index (κ2) is 6.39. The number of hydrogen-bond donors (Lipinski definition) is 1. The normalized spacial score (nSPS) is 26.1. The first-order valence-corrected chi connectivity index (χ1v) is 7.91. The molecule has 7 heteroatoms. The summed E-state index contributed by atoms with van der Waals surface area (Å²) in [6.07, 6.45) is 1.55. The fourth-order valence-corrected chi connectivity index (χ4v) is 3.50. The zero-order chi connectivity index (χ0) is 13.0. The third-order valence-electron chi connectivity index (χ3n) is 2.34. The molecule has 0 spiro atoms. The lowest BCUT2D eigenvalue weighted by atomic mass is 10.0. The summed E-state index contributed by atoms with van der Waals surface area (Å²) in [7, 11) is -1.18. The second-order valence-corrected chi connectivity index (χ2v) is 6.70. The molecule has 0 aromatic rings. The quantitative estimate of drug-likeness (QED) is 0.778. The van der Waals surface area contributed by atoms with E-state index in [2.05, 4.69) is 10.5 Å². The highest BCUT2D eigenvalue weighted by molar-refractivity contribution is 8.33. The van der Waals surface area contributed by atoms with Gasteiger partial charge in [0.25, 0.3) is 0 Å². The van der Waals surface area contributed by atoms with Crippen LogP contribution in [0.5, 0.6) is 0 Å². The van der Waals surface area contributed by atoms with Gasteiger partial charge >= 0.3 is 5.97 Å². The molecule has 0 amide bonds. The van der Waals surface area contributed by atoms with Gasteiger partial charge in [-0.15, -0.1) is 0 Å². The first-order chi connectivity index (χ1) is 7.97. The maximum atomic E-state index is 11.8. The predicted molar refractivity (Wildman–Crippen MR) is 71.3 cm³/mol. The van der Waals surface area contributed by atoms with E-state index in [-0.39, 0.29) is 23.2 Å². The van der Waals surface area contributed by atoms with Crippen molar-refractivity contribution in [3.8, 4) is 0 Å². The Morgan fingerprint density at radius 1 is 1.65 bits per heavy atom. The van der Waals surface area contributed by atoms with Crippen LogP contribution in [0.25, 0.3) is 0 Å². The molecule has 1 N–H and O–H groups in total. The zero-order valence-corrected chi connectivity index (χ0v) is 12.1. The van der Waals surface area contributed by atoms with Crippen molar-refractivity contribution in [3.63, 3.8) is 0 Å². The van der Waals surface area contributed by atoms with Crippen LogP contribution in [-0.4, -0.2) is 38.7 Å². The smallest absolute Gasteiger partial charge is 0.321 e. The van der Waals surface area contributed by atoms with Crippen LogP contribution in [-0.2, 0) is 20.3 Å². The Bertz CT molecular complexity index is 344. The van der Waals surface area contributed by atoms with E-state index in [1.165, 1.54) is 11.8 Å². The molecule has 98 valence electrons. The van der Waals surface area contributed by atoms with E-state index in [1.54, 1.807) is 13.2 Å². The molecule has 0 radical (unpaired) electrons. The van der Waals surface area contributed by atoms with Gasteiger partial charge in [0.2, 0.25) is 0 Å². The Labute approximate surface area is 108 Å². The Kier molecular flexibility index (Phi) is 5.45. The fourth-order valence-electron chi connectivity index (χ4n) is 1.45. The van der Waals surface area contributed by atoms with Gasteiger partial charge in [0.1, 0.15) is 5.25 Å². The average Bonchev–Trinajstić information content (AvgIpc) is 2.28. The molecular weight excluding hydrogens is 260 g/mol. The number of hydrazone groups is 1. The van der Waals surface area contributed by atoms with Crippen LogP contribution in [0, 0.1) is 5.92 Å². The Balaban J connectivity index is 2.86. The summed E-state index contributed by atoms with van der Waals surface area (Å²) < 4.78 is 16.8. The minimum Gasteiger partial charge on any atom is -0.465 e. The highest BCUT2D eigenvalue weighted by atomic mass is 32.2. The maximum Gasteiger partial charge on any atom is 0.321 e. The van der Waals surface area contributed by atoms with Gasteiger partial charge in [0.05, 0.1) is 23.4 Å². The van der Waals surface area contributed by atoms with Gasteiger partial charge in [-0.2, -0.15) is 5.10 Å². The third kappa shape index (κ3) is 3.70. The summed E-state index contributed by atoms with van der Waals surface area (Å²) >= 11 is 1.24. The van der Waals surface area contributed by atoms with Gasteiger partial charge in [-0.05, 0) is 12.8 Å². The van der Waals surface area contributed by atoms with Crippen LogP contribution in [0.3, 0.4) is 0 Å². The summed E-state index contributed by atoms with van der Waals surface area (Å²) in [4.78, 5) is 11.8. The van der Waals surface area contributed by atoms with Crippen LogP contribution in [0.15, 0.2) is 5.10 Å². The lowest BCUT2D eigenvalue weighted by molar-refractivity contribution is -0.143. The summed E-state index contributed by atoms with van der Waals surface area (Å²) in [5, 5.41) is 3.66. The average molecular weight is 278 g/mol. The molecule has 1 aliphatic heterocycles. The second-order valence-electron chi connectivity index (χ2n) is 4.02. The van der Waals surface area contributed by atoms with Crippen LogP contribution in [0.2, 0.25) is 0 Å². The molecule has 0 aromatic heterocycles. The van der Waals surface area contributed by atoms with Crippen molar-refractivity contribution in [2.45, 2.75) is 32.1 Å². The lowest BCUT2D eigenvalue weighted by Crippen LogP contribution is -2.48. The topological polar surface area (TPSA) is 67.8 Å². The summed E-state index contributed by atoms with van der Waals surface area (Å²) in [6, 6.07) is -0.0913. The Morgan fingerprint density at radius 2 is 2.29 bits per heavy atom. The number of carbonyl (C=O) groups is 1. The number of esters is 1. The van der Waals surface area contributed by atoms with E-state index in [0.717, 1.165) is 0 Å². The van der Waals surface area contributed by atoms with Crippen molar-refractivity contribution >= 4 is 32.9 Å². The molecule has 1 heterocycles. The molecule has 0 bridgehead atoms. The van der Waals surface area contributed by atoms with E-state index in [4.69, 9.17) is 4.74 Å². The molecule has 0 aromatic carbocycles. The van der Waals surface area contributed by atoms with Gasteiger partial charge in [0.15, 0.2) is 4.38 Å². The fraction of sp³-hybridized carbons (Fsp3) is 0.800. The minimum absolute atomic E-state index is 0.0913. The summed E-state index contributed by atoms with van der Waals surface area (Å²) in [6.45, 7) is 6.14. The van der Waals surface area contributed by atoms with E-state index in [0.29, 0.717) is 11.0 Å². The number of thioether (sulfide) groups is 1. The first kappa shape index (κ1) is 14.5. The molecule has 1 unspecified atom stereocenters. The van der Waals surface area contributed by atoms with E-state index in [1.807, 2.05) is 13.8 Å². The van der Waals surface area contributed by atoms with Crippen molar-refractivity contribution in [3.05, 3.63) is 0 Å². The summed E-state index contributed by atoms with van der Waals surface area (Å²) in [5.74, 6) is -0.0333. The van der Waals surface area contributed by atoms with Gasteiger partial charge in [-0.3, -0.25) is 9.00 Å². The number of hydrogen-bond acceptors (Lipinski definition) is 6. The van der Waals surface area contributed by atoms with Crippen LogP contribution >= 0.6 is 11.8 Å². The van der Waals surface area contributed by atoms with Crippen molar-refractivity contribution in [1.29, 1.82) is 0 Å². The molecule has 0 saturated heterocycles. The first-order valence-electron chi connectivity index (χ1n) is 5.47. The minimum atomic E-state index is -1.18. The number of rotatable bonds is 3. The molecular formula is C10H18N2O3S2. The number of nitrogens with zero attached hydrogens (tertiary/aromatic N) is 1. The van der Waals surface area contributed by atoms with E-state index in [9.17, 15) is 9.00 Å². The standard InChI is InChI=1S/C10H18N2O3S2/c1-5-15-9(13)8-7(6(2)3)11-12-10(16-8)17(4)14/h6-8,11H,5H2,1-4H3/t7-,8+,17?/m1/s1. The van der Waals surface area contributed by atoms with Crippen molar-refractivity contribution in [2.24, 2.45) is 11.0 Å². The van der Waals surface area contributed by atoms with Crippen LogP contribution < -0.4 is 5.43 Å². The SMILES string of the molecule is CCOC(=O)[C@H]1SC(S(C)=O)=NN[C@@H]1C(C)C. The molecule has 5 nitrogen and oxygen atoms in total. The van der Waals surface area contributed by atoms with Crippen molar-refractivity contribution in [1.82, 2.24) is 5.43 Å². The number of carbonyl (C=O) groups excluding carboxylic acids is 1. The predicted octanol–water partition coefficient (Wildman–Crippen LogP) is 0.929.